The molecule has 4 rings (SSSR count). The van der Waals surface area contributed by atoms with Crippen molar-refractivity contribution in [2.45, 2.75) is 19.8 Å². The Morgan fingerprint density at radius 3 is 1.97 bits per heavy atom. The van der Waals surface area contributed by atoms with E-state index in [0.717, 1.165) is 4.90 Å². The van der Waals surface area contributed by atoms with Gasteiger partial charge in [0, 0.05) is 17.7 Å². The van der Waals surface area contributed by atoms with Crippen LogP contribution in [0.15, 0.2) is 69.7 Å². The molecule has 178 valence electrons. The van der Waals surface area contributed by atoms with Crippen LogP contribution in [-0.4, -0.2) is 28.0 Å². The second-order valence-electron chi connectivity index (χ2n) is 7.79. The summed E-state index contributed by atoms with van der Waals surface area (Å²) in [6.45, 7) is 3.36. The maximum Gasteiger partial charge on any atom is 0.255 e. The molecule has 5 N–H and O–H groups in total. The summed E-state index contributed by atoms with van der Waals surface area (Å²) in [4.78, 5) is 39.6. The highest BCUT2D eigenvalue weighted by Crippen LogP contribution is 2.31. The molecule has 1 atom stereocenters. The molecule has 11 heteroatoms. The average Bonchev–Trinajstić information content (AvgIpc) is 3.44. The number of nitrogens with zero attached hydrogens (tertiary/aromatic N) is 3. The highest BCUT2D eigenvalue weighted by molar-refractivity contribution is 6.14. The normalized spacial score (nSPS) is 11.6. The van der Waals surface area contributed by atoms with E-state index in [-0.39, 0.29) is 17.3 Å². The first-order chi connectivity index (χ1) is 16.7. The number of hydrogen-bond acceptors (Lipinski definition) is 8. The van der Waals surface area contributed by atoms with E-state index < -0.39 is 23.6 Å². The van der Waals surface area contributed by atoms with Gasteiger partial charge in [0.05, 0.1) is 22.8 Å². The van der Waals surface area contributed by atoms with Gasteiger partial charge in [-0.15, -0.1) is 0 Å². The molecule has 4 aromatic rings. The quantitative estimate of drug-likeness (QED) is 0.271. The molecule has 11 nitrogen and oxygen atoms in total. The van der Waals surface area contributed by atoms with Crippen LogP contribution in [-0.2, 0) is 9.59 Å². The summed E-state index contributed by atoms with van der Waals surface area (Å²) in [5.74, 6) is -3.39. The molecular formula is C24H22N6O5. The zero-order valence-electron chi connectivity index (χ0n) is 18.9. The van der Waals surface area contributed by atoms with Crippen LogP contribution in [0.1, 0.15) is 33.2 Å². The van der Waals surface area contributed by atoms with E-state index in [2.05, 4.69) is 15.6 Å². The zero-order valence-corrected chi connectivity index (χ0v) is 18.9. The van der Waals surface area contributed by atoms with Crippen molar-refractivity contribution in [1.29, 1.82) is 0 Å². The van der Waals surface area contributed by atoms with Crippen LogP contribution < -0.4 is 21.7 Å². The fraction of sp³-hybridized carbons (Fsp3) is 0.125. The first-order valence-electron chi connectivity index (χ1n) is 10.5. The summed E-state index contributed by atoms with van der Waals surface area (Å²) in [7, 11) is 0. The van der Waals surface area contributed by atoms with Gasteiger partial charge in [-0.1, -0.05) is 34.6 Å². The molecule has 0 aliphatic heterocycles. The van der Waals surface area contributed by atoms with E-state index >= 15 is 0 Å². The van der Waals surface area contributed by atoms with Gasteiger partial charge in [-0.25, -0.2) is 4.90 Å². The molecule has 3 amide bonds. The number of rotatable bonds is 7. The highest BCUT2D eigenvalue weighted by Gasteiger charge is 2.36. The number of aryl methyl sites for hydroxylation is 2. The second kappa shape index (κ2) is 9.51. The van der Waals surface area contributed by atoms with E-state index in [1.807, 2.05) is 0 Å². The Labute approximate surface area is 199 Å². The third-order valence-electron chi connectivity index (χ3n) is 5.14. The second-order valence-corrected chi connectivity index (χ2v) is 7.79. The molecule has 35 heavy (non-hydrogen) atoms. The summed E-state index contributed by atoms with van der Waals surface area (Å²) in [5, 5.41) is 10.3. The van der Waals surface area contributed by atoms with Crippen LogP contribution in [0.3, 0.4) is 0 Å². The SMILES string of the molecule is Cc1cc(N(C(=O)C(C(N)=O)c2ccc(C(=O)Nc3ccccc3N)cc2)c2cc(C)no2)on1. The van der Waals surface area contributed by atoms with Gasteiger partial charge in [-0.2, -0.15) is 0 Å². The Balaban J connectivity index is 1.63. The Kier molecular flexibility index (Phi) is 6.32. The molecule has 2 aromatic heterocycles. The first-order valence-corrected chi connectivity index (χ1v) is 10.5. The molecule has 0 saturated carbocycles. The number of nitrogens with one attached hydrogen (secondary N) is 1. The Morgan fingerprint density at radius 2 is 1.49 bits per heavy atom. The molecule has 1 unspecified atom stereocenters. The molecule has 0 aliphatic carbocycles. The number of para-hydroxylation sites is 2. The molecule has 2 heterocycles. The van der Waals surface area contributed by atoms with Gasteiger partial charge in [0.15, 0.2) is 0 Å². The number of amides is 3. The van der Waals surface area contributed by atoms with Crippen LogP contribution in [0.4, 0.5) is 23.1 Å². The van der Waals surface area contributed by atoms with Crippen LogP contribution in [0.2, 0.25) is 0 Å². The molecule has 0 bridgehead atoms. The number of aromatic nitrogens is 2. The summed E-state index contributed by atoms with van der Waals surface area (Å²) in [5.41, 5.74) is 14.0. The zero-order chi connectivity index (χ0) is 25.1. The van der Waals surface area contributed by atoms with E-state index in [0.29, 0.717) is 28.3 Å². The first kappa shape index (κ1) is 23.2. The maximum absolute atomic E-state index is 13.6. The van der Waals surface area contributed by atoms with E-state index in [4.69, 9.17) is 20.5 Å². The molecule has 2 aromatic carbocycles. The Morgan fingerprint density at radius 1 is 0.914 bits per heavy atom. The number of carbonyl (C=O) groups excluding carboxylic acids is 3. The van der Waals surface area contributed by atoms with E-state index in [1.165, 1.54) is 36.4 Å². The lowest BCUT2D eigenvalue weighted by Gasteiger charge is -2.21. The minimum atomic E-state index is -1.41. The van der Waals surface area contributed by atoms with Gasteiger partial charge < -0.3 is 25.8 Å². The number of carbonyl (C=O) groups is 3. The van der Waals surface area contributed by atoms with Crippen LogP contribution in [0.5, 0.6) is 0 Å². The summed E-state index contributed by atoms with van der Waals surface area (Å²) < 4.78 is 10.5. The third kappa shape index (κ3) is 4.88. The molecule has 0 radical (unpaired) electrons. The van der Waals surface area contributed by atoms with Crippen molar-refractivity contribution < 1.29 is 23.4 Å². The lowest BCUT2D eigenvalue weighted by atomic mass is 9.95. The standard InChI is InChI=1S/C24H22N6O5/c1-13-11-19(34-28-13)30(20-12-14(2)29-35-20)24(33)21(22(26)31)15-7-9-16(10-8-15)23(32)27-18-6-4-3-5-17(18)25/h3-12,21H,25H2,1-2H3,(H2,26,31)(H,27,32). The van der Waals surface area contributed by atoms with Crippen LogP contribution in [0, 0.1) is 13.8 Å². The minimum Gasteiger partial charge on any atom is -0.397 e. The van der Waals surface area contributed by atoms with Gasteiger partial charge in [0.2, 0.25) is 17.7 Å². The fourth-order valence-electron chi connectivity index (χ4n) is 3.43. The van der Waals surface area contributed by atoms with Crippen molar-refractivity contribution in [3.05, 3.63) is 83.2 Å². The minimum absolute atomic E-state index is 0.0337. The molecule has 0 aliphatic rings. The largest absolute Gasteiger partial charge is 0.397 e. The highest BCUT2D eigenvalue weighted by atomic mass is 16.5. The van der Waals surface area contributed by atoms with E-state index in [9.17, 15) is 14.4 Å². The summed E-state index contributed by atoms with van der Waals surface area (Å²) >= 11 is 0. The summed E-state index contributed by atoms with van der Waals surface area (Å²) in [6, 6.07) is 15.8. The van der Waals surface area contributed by atoms with Crippen molar-refractivity contribution >= 4 is 40.9 Å². The topological polar surface area (TPSA) is 171 Å². The number of nitrogens with two attached hydrogens (primary N) is 2. The number of primary amides is 1. The predicted octanol–water partition coefficient (Wildman–Crippen LogP) is 3.05. The molecule has 0 fully saturated rings. The van der Waals surface area contributed by atoms with Crippen molar-refractivity contribution in [2.24, 2.45) is 5.73 Å². The lowest BCUT2D eigenvalue weighted by Crippen LogP contribution is -2.38. The lowest BCUT2D eigenvalue weighted by molar-refractivity contribution is -0.128. The van der Waals surface area contributed by atoms with Gasteiger partial charge >= 0.3 is 0 Å². The number of hydrogen-bond donors (Lipinski definition) is 3. The van der Waals surface area contributed by atoms with Crippen LogP contribution >= 0.6 is 0 Å². The van der Waals surface area contributed by atoms with Crippen molar-refractivity contribution in [3.63, 3.8) is 0 Å². The predicted molar refractivity (Wildman–Crippen MR) is 127 cm³/mol. The number of anilines is 4. The smallest absolute Gasteiger partial charge is 0.255 e. The average molecular weight is 474 g/mol. The van der Waals surface area contributed by atoms with Crippen molar-refractivity contribution in [3.8, 4) is 0 Å². The molecule has 0 saturated heterocycles. The number of benzene rings is 2. The Hall–Kier alpha value is -4.93. The molecular weight excluding hydrogens is 452 g/mol. The van der Waals surface area contributed by atoms with Gasteiger partial charge in [-0.05, 0) is 43.7 Å². The molecule has 0 spiro atoms. The van der Waals surface area contributed by atoms with E-state index in [1.54, 1.807) is 38.1 Å². The fourth-order valence-corrected chi connectivity index (χ4v) is 3.43. The van der Waals surface area contributed by atoms with Crippen molar-refractivity contribution in [1.82, 2.24) is 10.3 Å². The maximum atomic E-state index is 13.6. The Bertz CT molecular complexity index is 1350. The monoisotopic (exact) mass is 474 g/mol. The van der Waals surface area contributed by atoms with Gasteiger partial charge in [-0.3, -0.25) is 14.4 Å². The van der Waals surface area contributed by atoms with Gasteiger partial charge in [0.25, 0.3) is 11.8 Å². The van der Waals surface area contributed by atoms with Crippen LogP contribution in [0.25, 0.3) is 0 Å². The third-order valence-corrected chi connectivity index (χ3v) is 5.14. The summed E-state index contributed by atoms with van der Waals surface area (Å²) in [6.07, 6.45) is 0. The van der Waals surface area contributed by atoms with Crippen molar-refractivity contribution in [2.75, 3.05) is 16.0 Å². The van der Waals surface area contributed by atoms with Gasteiger partial charge in [0.1, 0.15) is 5.92 Å². The number of nitrogen functional groups attached to an aromatic ring is 1.